The topological polar surface area (TPSA) is 57.3 Å². The molecule has 0 saturated carbocycles. The summed E-state index contributed by atoms with van der Waals surface area (Å²) in [6, 6.07) is 0.725. The summed E-state index contributed by atoms with van der Waals surface area (Å²) >= 11 is 0. The summed E-state index contributed by atoms with van der Waals surface area (Å²) in [5.41, 5.74) is 0. The summed E-state index contributed by atoms with van der Waals surface area (Å²) in [5.74, 6) is -1.99. The molecule has 0 aromatic carbocycles. The molecule has 106 valence electrons. The smallest absolute Gasteiger partial charge is 0.241 e. The molecule has 0 bridgehead atoms. The number of likely N-dealkylation sites (N-methyl/N-ethyl adjacent to an activating group) is 1. The van der Waals surface area contributed by atoms with Crippen LogP contribution in [0.4, 0.5) is 20.4 Å². The summed E-state index contributed by atoms with van der Waals surface area (Å²) < 4.78 is 26.7. The Bertz CT molecular complexity index is 450. The first-order valence-electron chi connectivity index (χ1n) is 6.08. The van der Waals surface area contributed by atoms with Crippen molar-refractivity contribution in [3.8, 4) is 0 Å². The molecule has 19 heavy (non-hydrogen) atoms. The molecule has 1 amide bonds. The minimum Gasteiger partial charge on any atom is -0.371 e. The molecule has 1 aromatic heterocycles. The van der Waals surface area contributed by atoms with Crippen molar-refractivity contribution in [1.29, 1.82) is 0 Å². The third kappa shape index (κ3) is 3.77. The molecule has 7 heteroatoms. The van der Waals surface area contributed by atoms with Crippen molar-refractivity contribution >= 4 is 17.5 Å². The molecule has 0 aliphatic carbocycles. The molecule has 0 aliphatic heterocycles. The highest BCUT2D eigenvalue weighted by Gasteiger charge is 2.13. The fourth-order valence-electron chi connectivity index (χ4n) is 1.61. The minimum atomic E-state index is -0.830. The van der Waals surface area contributed by atoms with E-state index in [2.05, 4.69) is 15.6 Å². The molecule has 2 N–H and O–H groups in total. The van der Waals surface area contributed by atoms with Crippen LogP contribution in [0, 0.1) is 11.6 Å². The number of anilines is 2. The number of pyridine rings is 1. The van der Waals surface area contributed by atoms with Gasteiger partial charge < -0.3 is 15.5 Å². The van der Waals surface area contributed by atoms with E-state index in [9.17, 15) is 13.6 Å². The maximum absolute atomic E-state index is 13.5. The molecule has 0 saturated heterocycles. The lowest BCUT2D eigenvalue weighted by Gasteiger charge is -2.19. The number of hydrogen-bond donors (Lipinski definition) is 2. The predicted octanol–water partition coefficient (Wildman–Crippen LogP) is 1.68. The Morgan fingerprint density at radius 1 is 1.26 bits per heavy atom. The number of aromatic nitrogens is 1. The Kier molecular flexibility index (Phi) is 5.47. The number of rotatable bonds is 6. The normalized spacial score (nSPS) is 10.2. The van der Waals surface area contributed by atoms with E-state index in [4.69, 9.17) is 0 Å². The first kappa shape index (κ1) is 15.1. The zero-order chi connectivity index (χ0) is 14.4. The van der Waals surface area contributed by atoms with Crippen LogP contribution >= 0.6 is 0 Å². The van der Waals surface area contributed by atoms with Crippen LogP contribution in [0.25, 0.3) is 0 Å². The van der Waals surface area contributed by atoms with Gasteiger partial charge in [-0.25, -0.2) is 13.8 Å². The van der Waals surface area contributed by atoms with Gasteiger partial charge in [0.05, 0.1) is 6.54 Å². The van der Waals surface area contributed by atoms with E-state index in [-0.39, 0.29) is 24.1 Å². The number of nitrogens with one attached hydrogen (secondary N) is 2. The molecule has 5 nitrogen and oxygen atoms in total. The summed E-state index contributed by atoms with van der Waals surface area (Å²) in [6.45, 7) is 4.80. The monoisotopic (exact) mass is 272 g/mol. The molecule has 0 fully saturated rings. The van der Waals surface area contributed by atoms with Crippen LogP contribution in [-0.2, 0) is 4.79 Å². The highest BCUT2D eigenvalue weighted by Crippen LogP contribution is 2.18. The van der Waals surface area contributed by atoms with Crippen molar-refractivity contribution in [3.05, 3.63) is 17.7 Å². The SMILES string of the molecule is CCN(CC)C(=O)CNc1nc(NC)c(F)cc1F. The Morgan fingerprint density at radius 2 is 1.84 bits per heavy atom. The second kappa shape index (κ2) is 6.86. The average molecular weight is 272 g/mol. The van der Waals surface area contributed by atoms with Crippen molar-refractivity contribution in [2.45, 2.75) is 13.8 Å². The first-order chi connectivity index (χ1) is 9.03. The van der Waals surface area contributed by atoms with E-state index in [1.165, 1.54) is 7.05 Å². The zero-order valence-corrected chi connectivity index (χ0v) is 11.3. The molecule has 1 aromatic rings. The van der Waals surface area contributed by atoms with Gasteiger partial charge in [0.15, 0.2) is 23.3 Å². The number of nitrogens with zero attached hydrogens (tertiary/aromatic N) is 2. The van der Waals surface area contributed by atoms with Gasteiger partial charge in [-0.05, 0) is 13.8 Å². The van der Waals surface area contributed by atoms with Crippen LogP contribution in [-0.4, -0.2) is 42.5 Å². The van der Waals surface area contributed by atoms with Gasteiger partial charge in [0.25, 0.3) is 0 Å². The van der Waals surface area contributed by atoms with Crippen molar-refractivity contribution < 1.29 is 13.6 Å². The second-order valence-electron chi connectivity index (χ2n) is 3.82. The van der Waals surface area contributed by atoms with Gasteiger partial charge in [-0.1, -0.05) is 0 Å². The molecular weight excluding hydrogens is 254 g/mol. The van der Waals surface area contributed by atoms with Crippen molar-refractivity contribution in [2.24, 2.45) is 0 Å². The van der Waals surface area contributed by atoms with Crippen molar-refractivity contribution in [1.82, 2.24) is 9.88 Å². The van der Waals surface area contributed by atoms with E-state index in [0.717, 1.165) is 6.07 Å². The maximum Gasteiger partial charge on any atom is 0.241 e. The zero-order valence-electron chi connectivity index (χ0n) is 11.3. The Morgan fingerprint density at radius 3 is 2.37 bits per heavy atom. The van der Waals surface area contributed by atoms with Crippen LogP contribution in [0.2, 0.25) is 0 Å². The lowest BCUT2D eigenvalue weighted by Crippen LogP contribution is -2.35. The summed E-state index contributed by atoms with van der Waals surface area (Å²) in [7, 11) is 1.48. The largest absolute Gasteiger partial charge is 0.371 e. The molecule has 0 radical (unpaired) electrons. The van der Waals surface area contributed by atoms with Crippen LogP contribution in [0.1, 0.15) is 13.8 Å². The van der Waals surface area contributed by atoms with Gasteiger partial charge in [-0.2, -0.15) is 0 Å². The average Bonchev–Trinajstić information content (AvgIpc) is 2.39. The Hall–Kier alpha value is -1.92. The molecular formula is C12H18F2N4O. The standard InChI is InChI=1S/C12H18F2N4O/c1-4-18(5-2)10(19)7-16-12-9(14)6-8(13)11(15-3)17-12/h6H,4-5,7H2,1-3H3,(H2,15,16,17). The van der Waals surface area contributed by atoms with E-state index in [0.29, 0.717) is 13.1 Å². The molecule has 0 unspecified atom stereocenters. The lowest BCUT2D eigenvalue weighted by molar-refractivity contribution is -0.128. The van der Waals surface area contributed by atoms with Crippen molar-refractivity contribution in [2.75, 3.05) is 37.3 Å². The molecule has 0 aliphatic rings. The summed E-state index contributed by atoms with van der Waals surface area (Å²) in [4.78, 5) is 17.1. The third-order valence-corrected chi connectivity index (χ3v) is 2.69. The van der Waals surface area contributed by atoms with E-state index >= 15 is 0 Å². The van der Waals surface area contributed by atoms with Crippen LogP contribution < -0.4 is 10.6 Å². The quantitative estimate of drug-likeness (QED) is 0.827. The minimum absolute atomic E-state index is 0.0702. The van der Waals surface area contributed by atoms with Gasteiger partial charge in [0, 0.05) is 26.2 Å². The maximum atomic E-state index is 13.5. The van der Waals surface area contributed by atoms with Crippen molar-refractivity contribution in [3.63, 3.8) is 0 Å². The van der Waals surface area contributed by atoms with Gasteiger partial charge in [0.1, 0.15) is 0 Å². The Labute approximate surface area is 111 Å². The highest BCUT2D eigenvalue weighted by molar-refractivity contribution is 5.80. The molecule has 0 spiro atoms. The van der Waals surface area contributed by atoms with E-state index in [1.807, 2.05) is 13.8 Å². The van der Waals surface area contributed by atoms with Gasteiger partial charge >= 0.3 is 0 Å². The number of hydrogen-bond acceptors (Lipinski definition) is 4. The van der Waals surface area contributed by atoms with E-state index in [1.54, 1.807) is 4.90 Å². The number of halogens is 2. The second-order valence-corrected chi connectivity index (χ2v) is 3.82. The predicted molar refractivity (Wildman–Crippen MR) is 70.1 cm³/mol. The van der Waals surface area contributed by atoms with Gasteiger partial charge in [-0.3, -0.25) is 4.79 Å². The summed E-state index contributed by atoms with van der Waals surface area (Å²) in [6.07, 6.45) is 0. The third-order valence-electron chi connectivity index (χ3n) is 2.69. The van der Waals surface area contributed by atoms with Gasteiger partial charge in [0.2, 0.25) is 5.91 Å². The first-order valence-corrected chi connectivity index (χ1v) is 6.08. The van der Waals surface area contributed by atoms with Gasteiger partial charge in [-0.15, -0.1) is 0 Å². The number of carbonyl (C=O) groups is 1. The highest BCUT2D eigenvalue weighted by atomic mass is 19.1. The fourth-order valence-corrected chi connectivity index (χ4v) is 1.61. The van der Waals surface area contributed by atoms with Crippen LogP contribution in [0.3, 0.4) is 0 Å². The molecule has 1 heterocycles. The molecule has 1 rings (SSSR count). The number of amides is 1. The van der Waals surface area contributed by atoms with E-state index < -0.39 is 11.6 Å². The fraction of sp³-hybridized carbons (Fsp3) is 0.500. The Balaban J connectivity index is 2.75. The molecule has 0 atom stereocenters. The summed E-state index contributed by atoms with van der Waals surface area (Å²) in [5, 5.41) is 5.09. The lowest BCUT2D eigenvalue weighted by atomic mass is 10.4. The number of carbonyl (C=O) groups excluding carboxylic acids is 1. The van der Waals surface area contributed by atoms with Crippen LogP contribution in [0.5, 0.6) is 0 Å². The van der Waals surface area contributed by atoms with Crippen LogP contribution in [0.15, 0.2) is 6.07 Å².